The van der Waals surface area contributed by atoms with Crippen LogP contribution < -0.4 is 16.6 Å². The topological polar surface area (TPSA) is 63.0 Å². The molecule has 1 aromatic carbocycles. The predicted octanol–water partition coefficient (Wildman–Crippen LogP) is 1.65. The van der Waals surface area contributed by atoms with E-state index < -0.39 is 0 Å². The highest BCUT2D eigenvalue weighted by Crippen LogP contribution is 2.26. The monoisotopic (exact) mass is 226 g/mol. The molecule has 4 heteroatoms. The quantitative estimate of drug-likeness (QED) is 0.692. The van der Waals surface area contributed by atoms with Gasteiger partial charge in [-0.15, -0.1) is 0 Å². The molecule has 4 N–H and O–H groups in total. The van der Waals surface area contributed by atoms with Crippen molar-refractivity contribution in [2.24, 2.45) is 0 Å². The zero-order valence-corrected chi connectivity index (χ0v) is 9.57. The lowest BCUT2D eigenvalue weighted by atomic mass is 9.99. The average Bonchev–Trinajstić information content (AvgIpc) is 2.76. The first-order chi connectivity index (χ1) is 8.25. The Kier molecular flexibility index (Phi) is 2.23. The summed E-state index contributed by atoms with van der Waals surface area (Å²) in [5.74, 6) is 0. The SMILES string of the molecule is CC1NNC=C1c1ccc2nccc(N)c2c1. The van der Waals surface area contributed by atoms with Crippen molar-refractivity contribution in [3.63, 3.8) is 0 Å². The van der Waals surface area contributed by atoms with E-state index in [1.807, 2.05) is 18.3 Å². The first-order valence-electron chi connectivity index (χ1n) is 5.61. The first kappa shape index (κ1) is 10.1. The van der Waals surface area contributed by atoms with Crippen LogP contribution in [0.2, 0.25) is 0 Å². The number of hydrogen-bond donors (Lipinski definition) is 3. The molecule has 0 spiro atoms. The highest BCUT2D eigenvalue weighted by molar-refractivity contribution is 5.92. The van der Waals surface area contributed by atoms with Crippen molar-refractivity contribution in [2.45, 2.75) is 13.0 Å². The number of anilines is 1. The van der Waals surface area contributed by atoms with Crippen molar-refractivity contribution in [3.05, 3.63) is 42.2 Å². The summed E-state index contributed by atoms with van der Waals surface area (Å²) in [6.07, 6.45) is 3.72. The third-order valence-corrected chi connectivity index (χ3v) is 3.10. The van der Waals surface area contributed by atoms with Gasteiger partial charge < -0.3 is 11.2 Å². The lowest BCUT2D eigenvalue weighted by Crippen LogP contribution is -2.28. The molecule has 0 fully saturated rings. The van der Waals surface area contributed by atoms with Crippen molar-refractivity contribution in [3.8, 4) is 0 Å². The molecule has 2 aromatic rings. The minimum Gasteiger partial charge on any atom is -0.398 e. The fourth-order valence-corrected chi connectivity index (χ4v) is 2.13. The summed E-state index contributed by atoms with van der Waals surface area (Å²) < 4.78 is 0. The Balaban J connectivity index is 2.16. The van der Waals surface area contributed by atoms with E-state index in [4.69, 9.17) is 5.73 Å². The summed E-state index contributed by atoms with van der Waals surface area (Å²) >= 11 is 0. The number of nitrogens with zero attached hydrogens (tertiary/aromatic N) is 1. The highest BCUT2D eigenvalue weighted by atomic mass is 15.4. The third-order valence-electron chi connectivity index (χ3n) is 3.10. The molecule has 0 saturated heterocycles. The Morgan fingerprint density at radius 3 is 2.94 bits per heavy atom. The maximum Gasteiger partial charge on any atom is 0.0723 e. The van der Waals surface area contributed by atoms with E-state index in [0.717, 1.165) is 16.6 Å². The van der Waals surface area contributed by atoms with Gasteiger partial charge in [0.2, 0.25) is 0 Å². The number of fused-ring (bicyclic) bond motifs is 1. The molecular formula is C13H14N4. The van der Waals surface area contributed by atoms with Crippen molar-refractivity contribution >= 4 is 22.2 Å². The number of benzene rings is 1. The average molecular weight is 226 g/mol. The normalized spacial score (nSPS) is 19.1. The van der Waals surface area contributed by atoms with Crippen LogP contribution >= 0.6 is 0 Å². The van der Waals surface area contributed by atoms with Crippen molar-refractivity contribution in [2.75, 3.05) is 5.73 Å². The zero-order chi connectivity index (χ0) is 11.8. The molecule has 2 heterocycles. The summed E-state index contributed by atoms with van der Waals surface area (Å²) in [6.45, 7) is 2.11. The van der Waals surface area contributed by atoms with Gasteiger partial charge in [-0.1, -0.05) is 6.07 Å². The Bertz CT molecular complexity index is 603. The lowest BCUT2D eigenvalue weighted by molar-refractivity contribution is 0.627. The van der Waals surface area contributed by atoms with Crippen LogP contribution in [-0.2, 0) is 0 Å². The van der Waals surface area contributed by atoms with Gasteiger partial charge in [-0.2, -0.15) is 0 Å². The minimum atomic E-state index is 0.297. The molecule has 4 nitrogen and oxygen atoms in total. The van der Waals surface area contributed by atoms with E-state index >= 15 is 0 Å². The molecule has 86 valence electrons. The molecule has 0 saturated carbocycles. The Labute approximate surface area is 99.5 Å². The van der Waals surface area contributed by atoms with E-state index in [1.165, 1.54) is 11.1 Å². The van der Waals surface area contributed by atoms with Crippen LogP contribution in [0.5, 0.6) is 0 Å². The minimum absolute atomic E-state index is 0.297. The van der Waals surface area contributed by atoms with Crippen molar-refractivity contribution in [1.29, 1.82) is 0 Å². The van der Waals surface area contributed by atoms with Gasteiger partial charge in [0, 0.05) is 23.5 Å². The van der Waals surface area contributed by atoms with Crippen LogP contribution in [0, 0.1) is 0 Å². The van der Waals surface area contributed by atoms with Crippen molar-refractivity contribution in [1.82, 2.24) is 15.8 Å². The smallest absolute Gasteiger partial charge is 0.0723 e. The van der Waals surface area contributed by atoms with Gasteiger partial charge in [-0.25, -0.2) is 5.43 Å². The molecule has 0 radical (unpaired) electrons. The van der Waals surface area contributed by atoms with E-state index in [9.17, 15) is 0 Å². The first-order valence-corrected chi connectivity index (χ1v) is 5.61. The van der Waals surface area contributed by atoms with Gasteiger partial charge in [-0.3, -0.25) is 4.98 Å². The summed E-state index contributed by atoms with van der Waals surface area (Å²) in [5, 5.41) is 1.00. The second kappa shape index (κ2) is 3.75. The van der Waals surface area contributed by atoms with Crippen LogP contribution in [0.1, 0.15) is 12.5 Å². The van der Waals surface area contributed by atoms with E-state index in [1.54, 1.807) is 6.20 Å². The van der Waals surface area contributed by atoms with Gasteiger partial charge in [0.25, 0.3) is 0 Å². The van der Waals surface area contributed by atoms with Crippen LogP contribution in [0.15, 0.2) is 36.7 Å². The van der Waals surface area contributed by atoms with E-state index in [-0.39, 0.29) is 0 Å². The van der Waals surface area contributed by atoms with Crippen LogP contribution in [0.3, 0.4) is 0 Å². The number of pyridine rings is 1. The Morgan fingerprint density at radius 1 is 1.29 bits per heavy atom. The Hall–Kier alpha value is -2.07. The molecule has 17 heavy (non-hydrogen) atoms. The summed E-state index contributed by atoms with van der Waals surface area (Å²) in [5.41, 5.74) is 16.2. The molecule has 3 rings (SSSR count). The highest BCUT2D eigenvalue weighted by Gasteiger charge is 2.15. The number of hydrogen-bond acceptors (Lipinski definition) is 4. The predicted molar refractivity (Wildman–Crippen MR) is 69.9 cm³/mol. The fourth-order valence-electron chi connectivity index (χ4n) is 2.13. The molecule has 1 atom stereocenters. The van der Waals surface area contributed by atoms with Gasteiger partial charge >= 0.3 is 0 Å². The van der Waals surface area contributed by atoms with Crippen LogP contribution in [0.25, 0.3) is 16.5 Å². The second-order valence-corrected chi connectivity index (χ2v) is 4.24. The number of aromatic nitrogens is 1. The maximum absolute atomic E-state index is 5.97. The maximum atomic E-state index is 5.97. The largest absolute Gasteiger partial charge is 0.398 e. The number of nitrogens with two attached hydrogens (primary N) is 1. The zero-order valence-electron chi connectivity index (χ0n) is 9.57. The molecule has 1 aliphatic rings. The molecule has 1 aromatic heterocycles. The van der Waals surface area contributed by atoms with Crippen LogP contribution in [0.4, 0.5) is 5.69 Å². The summed E-state index contributed by atoms with van der Waals surface area (Å²) in [6, 6.07) is 8.30. The number of nitrogens with one attached hydrogen (secondary N) is 2. The molecular weight excluding hydrogens is 212 g/mol. The molecule has 1 unspecified atom stereocenters. The molecule has 1 aliphatic heterocycles. The van der Waals surface area contributed by atoms with Gasteiger partial charge in [0.1, 0.15) is 0 Å². The Morgan fingerprint density at radius 2 is 2.18 bits per heavy atom. The van der Waals surface area contributed by atoms with E-state index in [2.05, 4.69) is 34.9 Å². The number of rotatable bonds is 1. The van der Waals surface area contributed by atoms with Crippen LogP contribution in [-0.4, -0.2) is 11.0 Å². The summed E-state index contributed by atoms with van der Waals surface area (Å²) in [7, 11) is 0. The molecule has 0 bridgehead atoms. The van der Waals surface area contributed by atoms with Gasteiger partial charge in [-0.05, 0) is 36.3 Å². The molecule has 0 amide bonds. The summed E-state index contributed by atoms with van der Waals surface area (Å²) in [4.78, 5) is 4.30. The third kappa shape index (κ3) is 1.62. The van der Waals surface area contributed by atoms with Gasteiger partial charge in [0.05, 0.1) is 11.6 Å². The standard InChI is InChI=1S/C13H14N4/c1-8-11(7-16-17-8)9-2-3-13-10(6-9)12(14)4-5-15-13/h2-8,16-17H,1H3,(H2,14,15). The number of hydrazine groups is 1. The fraction of sp³-hybridized carbons (Fsp3) is 0.154. The number of nitrogen functional groups attached to an aromatic ring is 1. The van der Waals surface area contributed by atoms with Gasteiger partial charge in [0.15, 0.2) is 0 Å². The lowest BCUT2D eigenvalue weighted by Gasteiger charge is -2.10. The second-order valence-electron chi connectivity index (χ2n) is 4.24. The molecule has 0 aliphatic carbocycles. The van der Waals surface area contributed by atoms with Crippen molar-refractivity contribution < 1.29 is 0 Å². The van der Waals surface area contributed by atoms with E-state index in [0.29, 0.717) is 6.04 Å².